The molecule has 0 aromatic heterocycles. The quantitative estimate of drug-likeness (QED) is 0.273. The molecule has 0 aromatic carbocycles. The van der Waals surface area contributed by atoms with Crippen molar-refractivity contribution in [3.63, 3.8) is 0 Å². The van der Waals surface area contributed by atoms with Gasteiger partial charge in [0.05, 0.1) is 0 Å². The number of nitrogens with one attached hydrogen (secondary N) is 5. The van der Waals surface area contributed by atoms with Crippen molar-refractivity contribution in [2.45, 2.75) is 37.8 Å². The molecule has 7 nitrogen and oxygen atoms in total. The molecule has 1 fully saturated rings. The van der Waals surface area contributed by atoms with Gasteiger partial charge in [0.1, 0.15) is 0 Å². The molecular weight excluding hydrogens is 420 g/mol. The van der Waals surface area contributed by atoms with Gasteiger partial charge in [-0.25, -0.2) is 0 Å². The van der Waals surface area contributed by atoms with Gasteiger partial charge >= 0.3 is 33.3 Å². The first-order chi connectivity index (χ1) is 12.8. The van der Waals surface area contributed by atoms with Crippen LogP contribution in [0.1, 0.15) is 25.7 Å². The minimum atomic E-state index is 0.00694. The maximum absolute atomic E-state index is 9.15. The Labute approximate surface area is 173 Å². The molecule has 26 heavy (non-hydrogen) atoms. The summed E-state index contributed by atoms with van der Waals surface area (Å²) in [4.78, 5) is 0. The summed E-state index contributed by atoms with van der Waals surface area (Å²) in [6.07, 6.45) is 3.53. The van der Waals surface area contributed by atoms with Crippen LogP contribution in [-0.2, 0) is 13.1 Å². The van der Waals surface area contributed by atoms with Gasteiger partial charge in [0.15, 0.2) is 0 Å². The molecule has 0 bridgehead atoms. The second kappa shape index (κ2) is 22.1. The fourth-order valence-corrected chi connectivity index (χ4v) is 2.93. The SMILES string of the molecule is OCCCC1NCCNCCNCCNCCNC1CCCO.[Cl][Mn][Cl]. The molecule has 0 spiro atoms. The van der Waals surface area contributed by atoms with Gasteiger partial charge in [-0.05, 0) is 25.7 Å². The molecule has 1 aliphatic heterocycles. The second-order valence-electron chi connectivity index (χ2n) is 6.16. The Bertz CT molecular complexity index is 263. The van der Waals surface area contributed by atoms with Crippen molar-refractivity contribution in [2.24, 2.45) is 0 Å². The van der Waals surface area contributed by atoms with Crippen molar-refractivity contribution in [1.82, 2.24) is 26.6 Å². The molecule has 0 radical (unpaired) electrons. The van der Waals surface area contributed by atoms with E-state index in [4.69, 9.17) is 30.4 Å². The van der Waals surface area contributed by atoms with Crippen LogP contribution < -0.4 is 26.6 Å². The predicted octanol–water partition coefficient (Wildman–Crippen LogP) is -0.393. The Hall–Kier alpha value is 0.819. The van der Waals surface area contributed by atoms with E-state index in [1.807, 2.05) is 0 Å². The molecule has 7 N–H and O–H groups in total. The van der Waals surface area contributed by atoms with E-state index in [9.17, 15) is 0 Å². The van der Waals surface area contributed by atoms with Gasteiger partial charge in [0, 0.05) is 77.7 Å². The summed E-state index contributed by atoms with van der Waals surface area (Å²) in [6.45, 7) is 8.15. The van der Waals surface area contributed by atoms with Gasteiger partial charge in [-0.3, -0.25) is 0 Å². The monoisotopic (exact) mass is 456 g/mol. The number of aliphatic hydroxyl groups is 2. The van der Waals surface area contributed by atoms with Crippen LogP contribution in [0, 0.1) is 0 Å². The molecule has 0 aliphatic carbocycles. The Balaban J connectivity index is 0.00000194. The first kappa shape index (κ1) is 26.8. The molecule has 159 valence electrons. The van der Waals surface area contributed by atoms with Crippen LogP contribution in [0.5, 0.6) is 0 Å². The van der Waals surface area contributed by atoms with Crippen molar-refractivity contribution < 1.29 is 23.3 Å². The Morgan fingerprint density at radius 3 is 1.27 bits per heavy atom. The number of halogens is 2. The summed E-state index contributed by atoms with van der Waals surface area (Å²) in [5.74, 6) is 0. The number of rotatable bonds is 6. The van der Waals surface area contributed by atoms with Gasteiger partial charge < -0.3 is 36.8 Å². The van der Waals surface area contributed by atoms with E-state index in [-0.39, 0.29) is 26.3 Å². The number of hydrogen-bond donors (Lipinski definition) is 7. The third-order valence-corrected chi connectivity index (χ3v) is 4.21. The Morgan fingerprint density at radius 2 is 0.962 bits per heavy atom. The van der Waals surface area contributed by atoms with Crippen LogP contribution in [0.25, 0.3) is 0 Å². The van der Waals surface area contributed by atoms with Crippen molar-refractivity contribution in [3.8, 4) is 0 Å². The van der Waals surface area contributed by atoms with Crippen LogP contribution in [0.3, 0.4) is 0 Å². The van der Waals surface area contributed by atoms with Crippen LogP contribution >= 0.6 is 20.2 Å². The summed E-state index contributed by atoms with van der Waals surface area (Å²) >= 11 is 0.00694. The van der Waals surface area contributed by atoms with E-state index in [1.165, 1.54) is 0 Å². The van der Waals surface area contributed by atoms with E-state index in [1.54, 1.807) is 0 Å². The fraction of sp³-hybridized carbons (Fsp3) is 1.00. The molecule has 1 heterocycles. The van der Waals surface area contributed by atoms with Crippen molar-refractivity contribution >= 4 is 20.2 Å². The summed E-state index contributed by atoms with van der Waals surface area (Å²) in [7, 11) is 9.59. The normalized spacial score (nSPS) is 24.0. The second-order valence-corrected chi connectivity index (χ2v) is 8.11. The van der Waals surface area contributed by atoms with Gasteiger partial charge in [-0.1, -0.05) is 0 Å². The molecule has 1 saturated heterocycles. The average molecular weight is 457 g/mol. The van der Waals surface area contributed by atoms with Crippen LogP contribution in [-0.4, -0.2) is 87.9 Å². The summed E-state index contributed by atoms with van der Waals surface area (Å²) in [5.41, 5.74) is 0. The molecule has 1 rings (SSSR count). The van der Waals surface area contributed by atoms with E-state index < -0.39 is 0 Å². The van der Waals surface area contributed by atoms with Gasteiger partial charge in [-0.15, -0.1) is 0 Å². The number of hydrogen-bond acceptors (Lipinski definition) is 7. The molecular formula is C16H37Cl2MnN5O2. The van der Waals surface area contributed by atoms with Crippen molar-refractivity contribution in [1.29, 1.82) is 0 Å². The molecule has 0 amide bonds. The fourth-order valence-electron chi connectivity index (χ4n) is 2.93. The topological polar surface area (TPSA) is 101 Å². The average Bonchev–Trinajstić information content (AvgIpc) is 2.65. The minimum absolute atomic E-state index is 0.00694. The van der Waals surface area contributed by atoms with E-state index in [0.29, 0.717) is 12.1 Å². The van der Waals surface area contributed by atoms with Gasteiger partial charge in [-0.2, -0.15) is 0 Å². The van der Waals surface area contributed by atoms with Crippen LogP contribution in [0.15, 0.2) is 0 Å². The molecule has 2 unspecified atom stereocenters. The third kappa shape index (κ3) is 17.0. The summed E-state index contributed by atoms with van der Waals surface area (Å²) < 4.78 is 0. The predicted molar refractivity (Wildman–Crippen MR) is 107 cm³/mol. The van der Waals surface area contributed by atoms with E-state index >= 15 is 0 Å². The standard InChI is InChI=1S/C16H37N5O2.2ClH.Mn/c22-13-1-3-15-16(4-2-14-23)21-12-10-19-8-6-17-5-7-18-9-11-20-15;;;/h15-23H,1-14H2;2*1H;/q;;;+2/p-2. The summed E-state index contributed by atoms with van der Waals surface area (Å²) in [5, 5.41) is 35.8. The molecule has 1 aliphatic rings. The first-order valence-electron chi connectivity index (χ1n) is 9.47. The molecule has 0 aromatic rings. The van der Waals surface area contributed by atoms with Gasteiger partial charge in [0.25, 0.3) is 0 Å². The maximum atomic E-state index is 9.15. The third-order valence-electron chi connectivity index (χ3n) is 4.21. The first-order valence-corrected chi connectivity index (χ1v) is 12.7. The summed E-state index contributed by atoms with van der Waals surface area (Å²) in [6, 6.07) is 0.664. The van der Waals surface area contributed by atoms with Crippen LogP contribution in [0.2, 0.25) is 0 Å². The van der Waals surface area contributed by atoms with Gasteiger partial charge in [0.2, 0.25) is 0 Å². The van der Waals surface area contributed by atoms with Crippen molar-refractivity contribution in [2.75, 3.05) is 65.6 Å². The van der Waals surface area contributed by atoms with Crippen LogP contribution in [0.4, 0.5) is 0 Å². The molecule has 2 atom stereocenters. The molecule has 0 saturated carbocycles. The zero-order chi connectivity index (χ0) is 19.3. The Morgan fingerprint density at radius 1 is 0.654 bits per heavy atom. The molecule has 10 heteroatoms. The van der Waals surface area contributed by atoms with E-state index in [0.717, 1.165) is 78.0 Å². The zero-order valence-corrected chi connectivity index (χ0v) is 18.3. The van der Waals surface area contributed by atoms with E-state index in [2.05, 4.69) is 26.6 Å². The number of aliphatic hydroxyl groups excluding tert-OH is 2. The van der Waals surface area contributed by atoms with Crippen molar-refractivity contribution in [3.05, 3.63) is 0 Å². The Kier molecular flexibility index (Phi) is 22.8. The zero-order valence-electron chi connectivity index (χ0n) is 15.6.